The fourth-order valence-corrected chi connectivity index (χ4v) is 4.15. The normalized spacial score (nSPS) is 33.2. The Balaban J connectivity index is 1.95. The van der Waals surface area contributed by atoms with Gasteiger partial charge in [0.25, 0.3) is 0 Å². The van der Waals surface area contributed by atoms with Gasteiger partial charge in [-0.15, -0.1) is 0 Å². The largest absolute Gasteiger partial charge is 0.316 e. The van der Waals surface area contributed by atoms with Crippen LogP contribution >= 0.6 is 0 Å². The number of nitrogens with one attached hydrogen (secondary N) is 1. The lowest BCUT2D eigenvalue weighted by molar-refractivity contribution is 0.0897. The Morgan fingerprint density at radius 2 is 2.16 bits per heavy atom. The van der Waals surface area contributed by atoms with E-state index in [1.807, 2.05) is 0 Å². The molecule has 0 amide bonds. The second kappa shape index (κ2) is 7.05. The topological polar surface area (TPSA) is 18.5 Å². The van der Waals surface area contributed by atoms with Crippen molar-refractivity contribution in [2.45, 2.75) is 51.5 Å². The van der Waals surface area contributed by atoms with Crippen molar-refractivity contribution in [3.8, 4) is 0 Å². The van der Waals surface area contributed by atoms with Gasteiger partial charge in [0.2, 0.25) is 0 Å². The zero-order valence-corrected chi connectivity index (χ0v) is 13.2. The summed E-state index contributed by atoms with van der Waals surface area (Å²) in [5.41, 5.74) is 0.557. The van der Waals surface area contributed by atoms with Gasteiger partial charge in [-0.1, -0.05) is 13.3 Å². The molecule has 3 heteroatoms. The average molecular weight is 267 g/mol. The van der Waals surface area contributed by atoms with Gasteiger partial charge in [-0.2, -0.15) is 0 Å². The first-order chi connectivity index (χ1) is 9.15. The van der Waals surface area contributed by atoms with Crippen molar-refractivity contribution < 1.29 is 0 Å². The second-order valence-electron chi connectivity index (χ2n) is 7.06. The number of nitrogens with zero attached hydrogens (tertiary/aromatic N) is 2. The molecule has 2 rings (SSSR count). The third-order valence-corrected chi connectivity index (χ3v) is 4.95. The molecule has 1 N–H and O–H groups in total. The van der Waals surface area contributed by atoms with Gasteiger partial charge < -0.3 is 10.2 Å². The maximum Gasteiger partial charge on any atom is 0.0223 e. The molecule has 2 aliphatic rings. The Morgan fingerprint density at radius 1 is 1.32 bits per heavy atom. The van der Waals surface area contributed by atoms with Crippen LogP contribution in [0, 0.1) is 5.41 Å². The molecule has 2 aliphatic heterocycles. The van der Waals surface area contributed by atoms with Crippen LogP contribution in [0.3, 0.4) is 0 Å². The molecule has 0 aliphatic carbocycles. The first-order valence-electron chi connectivity index (χ1n) is 8.25. The fourth-order valence-electron chi connectivity index (χ4n) is 4.15. The standard InChI is InChI=1S/C16H33N3/c1-4-8-16(9-6-10-17-13-16)14-19-11-5-7-15(19)12-18(2)3/h15,17H,4-14H2,1-3H3. The summed E-state index contributed by atoms with van der Waals surface area (Å²) in [4.78, 5) is 5.15. The Morgan fingerprint density at radius 3 is 2.79 bits per heavy atom. The first kappa shape index (κ1) is 15.3. The maximum absolute atomic E-state index is 3.65. The Bertz CT molecular complexity index is 253. The minimum absolute atomic E-state index is 0.557. The van der Waals surface area contributed by atoms with E-state index in [0.29, 0.717) is 5.41 Å². The highest BCUT2D eigenvalue weighted by Crippen LogP contribution is 2.34. The monoisotopic (exact) mass is 267 g/mol. The van der Waals surface area contributed by atoms with Crippen LogP contribution in [0.4, 0.5) is 0 Å². The van der Waals surface area contributed by atoms with Gasteiger partial charge in [0.05, 0.1) is 0 Å². The molecular weight excluding hydrogens is 234 g/mol. The third-order valence-electron chi connectivity index (χ3n) is 4.95. The van der Waals surface area contributed by atoms with Gasteiger partial charge in [0, 0.05) is 25.7 Å². The van der Waals surface area contributed by atoms with Gasteiger partial charge in [-0.05, 0) is 64.7 Å². The molecule has 2 saturated heterocycles. The number of hydrogen-bond donors (Lipinski definition) is 1. The zero-order valence-electron chi connectivity index (χ0n) is 13.2. The minimum Gasteiger partial charge on any atom is -0.316 e. The van der Waals surface area contributed by atoms with Crippen molar-refractivity contribution in [1.29, 1.82) is 0 Å². The predicted octanol–water partition coefficient (Wildman–Crippen LogP) is 2.18. The van der Waals surface area contributed by atoms with Gasteiger partial charge in [0.1, 0.15) is 0 Å². The second-order valence-corrected chi connectivity index (χ2v) is 7.06. The summed E-state index contributed by atoms with van der Waals surface area (Å²) in [5, 5.41) is 3.65. The summed E-state index contributed by atoms with van der Waals surface area (Å²) in [7, 11) is 4.42. The van der Waals surface area contributed by atoms with Crippen molar-refractivity contribution >= 4 is 0 Å². The van der Waals surface area contributed by atoms with Crippen molar-refractivity contribution in [3.63, 3.8) is 0 Å². The van der Waals surface area contributed by atoms with Gasteiger partial charge in [-0.3, -0.25) is 4.90 Å². The van der Waals surface area contributed by atoms with Crippen molar-refractivity contribution in [1.82, 2.24) is 15.1 Å². The van der Waals surface area contributed by atoms with E-state index in [1.54, 1.807) is 0 Å². The molecule has 0 spiro atoms. The molecule has 112 valence electrons. The fraction of sp³-hybridized carbons (Fsp3) is 1.00. The molecule has 19 heavy (non-hydrogen) atoms. The molecule has 2 fully saturated rings. The first-order valence-corrected chi connectivity index (χ1v) is 8.25. The van der Waals surface area contributed by atoms with Crippen LogP contribution in [0.15, 0.2) is 0 Å². The molecule has 0 aromatic carbocycles. The van der Waals surface area contributed by atoms with E-state index in [4.69, 9.17) is 0 Å². The highest BCUT2D eigenvalue weighted by Gasteiger charge is 2.36. The molecule has 3 nitrogen and oxygen atoms in total. The lowest BCUT2D eigenvalue weighted by Crippen LogP contribution is -2.50. The number of rotatable bonds is 6. The van der Waals surface area contributed by atoms with E-state index in [-0.39, 0.29) is 0 Å². The smallest absolute Gasteiger partial charge is 0.0223 e. The zero-order chi connectivity index (χ0) is 13.7. The van der Waals surface area contributed by atoms with Crippen molar-refractivity contribution in [2.24, 2.45) is 5.41 Å². The van der Waals surface area contributed by atoms with Crippen LogP contribution in [0.25, 0.3) is 0 Å². The summed E-state index contributed by atoms with van der Waals surface area (Å²) in [6.07, 6.45) is 8.31. The van der Waals surface area contributed by atoms with E-state index in [0.717, 1.165) is 6.04 Å². The molecule has 2 heterocycles. The van der Waals surface area contributed by atoms with E-state index in [1.165, 1.54) is 71.2 Å². The number of hydrogen-bond acceptors (Lipinski definition) is 3. The quantitative estimate of drug-likeness (QED) is 0.796. The number of piperidine rings is 1. The molecule has 2 atom stereocenters. The van der Waals surface area contributed by atoms with Crippen LogP contribution in [0.5, 0.6) is 0 Å². The summed E-state index contributed by atoms with van der Waals surface area (Å²) in [6, 6.07) is 0.797. The average Bonchev–Trinajstić information content (AvgIpc) is 2.77. The number of likely N-dealkylation sites (N-methyl/N-ethyl adjacent to an activating group) is 1. The SMILES string of the molecule is CCCC1(CN2CCCC2CN(C)C)CCCNC1. The highest BCUT2D eigenvalue weighted by molar-refractivity contribution is 4.92. The molecule has 0 radical (unpaired) electrons. The molecule has 0 saturated carbocycles. The van der Waals surface area contributed by atoms with E-state index in [2.05, 4.69) is 36.1 Å². The molecule has 0 aromatic heterocycles. The number of likely N-dealkylation sites (tertiary alicyclic amines) is 1. The maximum atomic E-state index is 3.65. The van der Waals surface area contributed by atoms with Gasteiger partial charge >= 0.3 is 0 Å². The molecule has 0 aromatic rings. The van der Waals surface area contributed by atoms with E-state index in [9.17, 15) is 0 Å². The van der Waals surface area contributed by atoms with E-state index < -0.39 is 0 Å². The van der Waals surface area contributed by atoms with Crippen LogP contribution in [-0.4, -0.2) is 62.7 Å². The third kappa shape index (κ3) is 4.17. The molecule has 2 unspecified atom stereocenters. The Labute approximate surface area is 119 Å². The highest BCUT2D eigenvalue weighted by atomic mass is 15.2. The lowest BCUT2D eigenvalue weighted by Gasteiger charge is -2.42. The Hall–Kier alpha value is -0.120. The summed E-state index contributed by atoms with van der Waals surface area (Å²) < 4.78 is 0. The van der Waals surface area contributed by atoms with E-state index >= 15 is 0 Å². The van der Waals surface area contributed by atoms with Gasteiger partial charge in [0.15, 0.2) is 0 Å². The molecule has 0 bridgehead atoms. The van der Waals surface area contributed by atoms with Crippen LogP contribution in [-0.2, 0) is 0 Å². The minimum atomic E-state index is 0.557. The summed E-state index contributed by atoms with van der Waals surface area (Å²) in [6.45, 7) is 8.70. The van der Waals surface area contributed by atoms with Crippen LogP contribution in [0.2, 0.25) is 0 Å². The summed E-state index contributed by atoms with van der Waals surface area (Å²) >= 11 is 0. The summed E-state index contributed by atoms with van der Waals surface area (Å²) in [5.74, 6) is 0. The van der Waals surface area contributed by atoms with Crippen molar-refractivity contribution in [3.05, 3.63) is 0 Å². The van der Waals surface area contributed by atoms with Crippen molar-refractivity contribution in [2.75, 3.05) is 46.8 Å². The van der Waals surface area contributed by atoms with Crippen LogP contribution < -0.4 is 5.32 Å². The predicted molar refractivity (Wildman–Crippen MR) is 82.6 cm³/mol. The molecular formula is C16H33N3. The van der Waals surface area contributed by atoms with Crippen LogP contribution in [0.1, 0.15) is 45.4 Å². The van der Waals surface area contributed by atoms with Gasteiger partial charge in [-0.25, -0.2) is 0 Å². The Kier molecular flexibility index (Phi) is 5.67. The lowest BCUT2D eigenvalue weighted by atomic mass is 9.76.